The first-order chi connectivity index (χ1) is 16.2. The van der Waals surface area contributed by atoms with Crippen LogP contribution in [0.25, 0.3) is 6.08 Å². The number of methoxy groups -OCH3 is 1. The first kappa shape index (κ1) is 23.7. The number of benzene rings is 2. The van der Waals surface area contributed by atoms with Gasteiger partial charge >= 0.3 is 5.97 Å². The van der Waals surface area contributed by atoms with Crippen LogP contribution in [0.1, 0.15) is 66.9 Å². The molecule has 176 valence electrons. The van der Waals surface area contributed by atoms with Crippen LogP contribution >= 0.6 is 0 Å². The Morgan fingerprint density at radius 2 is 1.73 bits per heavy atom. The van der Waals surface area contributed by atoms with Crippen LogP contribution in [0.5, 0.6) is 0 Å². The van der Waals surface area contributed by atoms with Crippen molar-refractivity contribution in [1.82, 2.24) is 10.6 Å². The molecule has 0 aromatic heterocycles. The minimum Gasteiger partial charge on any atom is -0.465 e. The highest BCUT2D eigenvalue weighted by Crippen LogP contribution is 2.40. The fourth-order valence-corrected chi connectivity index (χ4v) is 5.09. The SMILES string of the molecule is CC/C(=C\c1ccccc1)[C@@H]1C[C@H]1NCC1CCC(NCc2ccc(C(=O)OC)cc2)CC1. The maximum absolute atomic E-state index is 11.6. The summed E-state index contributed by atoms with van der Waals surface area (Å²) in [5, 5.41) is 7.58. The number of ether oxygens (including phenoxy) is 1. The predicted molar refractivity (Wildman–Crippen MR) is 135 cm³/mol. The Balaban J connectivity index is 1.14. The number of carbonyl (C=O) groups is 1. The lowest BCUT2D eigenvalue weighted by Crippen LogP contribution is -2.36. The largest absolute Gasteiger partial charge is 0.465 e. The lowest BCUT2D eigenvalue weighted by atomic mass is 9.86. The molecule has 2 aromatic carbocycles. The zero-order valence-corrected chi connectivity index (χ0v) is 20.1. The molecule has 2 fully saturated rings. The Labute approximate surface area is 198 Å². The summed E-state index contributed by atoms with van der Waals surface area (Å²) < 4.78 is 4.76. The third-order valence-electron chi connectivity index (χ3n) is 7.31. The van der Waals surface area contributed by atoms with E-state index in [2.05, 4.69) is 54.0 Å². The highest BCUT2D eigenvalue weighted by molar-refractivity contribution is 5.89. The van der Waals surface area contributed by atoms with E-state index < -0.39 is 0 Å². The zero-order valence-electron chi connectivity index (χ0n) is 20.1. The van der Waals surface area contributed by atoms with Crippen molar-refractivity contribution in [2.45, 2.75) is 64.1 Å². The Kier molecular flexibility index (Phi) is 8.35. The van der Waals surface area contributed by atoms with Crippen LogP contribution in [0.4, 0.5) is 0 Å². The molecular weight excluding hydrogens is 408 g/mol. The van der Waals surface area contributed by atoms with Crippen molar-refractivity contribution >= 4 is 12.0 Å². The topological polar surface area (TPSA) is 50.4 Å². The lowest BCUT2D eigenvalue weighted by Gasteiger charge is -2.29. The summed E-state index contributed by atoms with van der Waals surface area (Å²) in [5.41, 5.74) is 4.73. The summed E-state index contributed by atoms with van der Waals surface area (Å²) >= 11 is 0. The van der Waals surface area contributed by atoms with Gasteiger partial charge in [-0.25, -0.2) is 4.79 Å². The fourth-order valence-electron chi connectivity index (χ4n) is 5.09. The molecule has 0 aliphatic heterocycles. The van der Waals surface area contributed by atoms with Crippen LogP contribution in [0.15, 0.2) is 60.2 Å². The second-order valence-corrected chi connectivity index (χ2v) is 9.63. The van der Waals surface area contributed by atoms with Crippen molar-refractivity contribution < 1.29 is 9.53 Å². The monoisotopic (exact) mass is 446 g/mol. The van der Waals surface area contributed by atoms with Gasteiger partial charge in [0.2, 0.25) is 0 Å². The first-order valence-corrected chi connectivity index (χ1v) is 12.6. The Morgan fingerprint density at radius 3 is 2.39 bits per heavy atom. The smallest absolute Gasteiger partial charge is 0.337 e. The summed E-state index contributed by atoms with van der Waals surface area (Å²) in [7, 11) is 1.41. The number of carbonyl (C=O) groups excluding carboxylic acids is 1. The molecule has 4 nitrogen and oxygen atoms in total. The highest BCUT2D eigenvalue weighted by atomic mass is 16.5. The van der Waals surface area contributed by atoms with Crippen LogP contribution in [0.3, 0.4) is 0 Å². The van der Waals surface area contributed by atoms with E-state index in [0.29, 0.717) is 17.6 Å². The van der Waals surface area contributed by atoms with Gasteiger partial charge in [-0.3, -0.25) is 0 Å². The van der Waals surface area contributed by atoms with Crippen LogP contribution in [0.2, 0.25) is 0 Å². The van der Waals surface area contributed by atoms with E-state index in [-0.39, 0.29) is 5.97 Å². The molecule has 2 saturated carbocycles. The van der Waals surface area contributed by atoms with Gasteiger partial charge in [0.15, 0.2) is 0 Å². The number of hydrogen-bond donors (Lipinski definition) is 2. The second-order valence-electron chi connectivity index (χ2n) is 9.63. The molecule has 2 N–H and O–H groups in total. The fraction of sp³-hybridized carbons (Fsp3) is 0.483. The van der Waals surface area contributed by atoms with Crippen molar-refractivity contribution in [2.24, 2.45) is 11.8 Å². The molecule has 0 radical (unpaired) electrons. The van der Waals surface area contributed by atoms with Gasteiger partial charge in [-0.05, 0) is 80.2 Å². The molecule has 0 heterocycles. The molecule has 2 aliphatic rings. The van der Waals surface area contributed by atoms with E-state index >= 15 is 0 Å². The van der Waals surface area contributed by atoms with Gasteiger partial charge in [0.25, 0.3) is 0 Å². The van der Waals surface area contributed by atoms with E-state index in [4.69, 9.17) is 4.74 Å². The predicted octanol–water partition coefficient (Wildman–Crippen LogP) is 5.59. The quantitative estimate of drug-likeness (QED) is 0.467. The second kappa shape index (κ2) is 11.6. The van der Waals surface area contributed by atoms with Crippen molar-refractivity contribution in [3.63, 3.8) is 0 Å². The maximum atomic E-state index is 11.6. The van der Waals surface area contributed by atoms with Gasteiger partial charge in [-0.2, -0.15) is 0 Å². The molecule has 4 heteroatoms. The van der Waals surface area contributed by atoms with Crippen molar-refractivity contribution in [3.8, 4) is 0 Å². The summed E-state index contributed by atoms with van der Waals surface area (Å²) in [6, 6.07) is 19.7. The number of nitrogens with one attached hydrogen (secondary N) is 2. The zero-order chi connectivity index (χ0) is 23.0. The summed E-state index contributed by atoms with van der Waals surface area (Å²) in [4.78, 5) is 11.6. The van der Waals surface area contributed by atoms with Crippen LogP contribution in [-0.4, -0.2) is 31.7 Å². The third-order valence-corrected chi connectivity index (χ3v) is 7.31. The lowest BCUT2D eigenvalue weighted by molar-refractivity contribution is 0.0600. The van der Waals surface area contributed by atoms with Gasteiger partial charge in [0.1, 0.15) is 0 Å². The molecule has 2 atom stereocenters. The van der Waals surface area contributed by atoms with Gasteiger partial charge < -0.3 is 15.4 Å². The van der Waals surface area contributed by atoms with Gasteiger partial charge in [0, 0.05) is 18.6 Å². The van der Waals surface area contributed by atoms with Crippen molar-refractivity contribution in [3.05, 3.63) is 76.9 Å². The summed E-state index contributed by atoms with van der Waals surface area (Å²) in [5.74, 6) is 1.24. The van der Waals surface area contributed by atoms with E-state index in [0.717, 1.165) is 31.3 Å². The molecule has 4 rings (SSSR count). The standard InChI is InChI=1S/C29H38N2O2/c1-3-24(17-21-7-5-4-6-8-21)27-18-28(27)31-20-23-11-15-26(16-12-23)30-19-22-9-13-25(14-10-22)29(32)33-2/h4-10,13-14,17,23,26-28,30-31H,3,11-12,15-16,18-20H2,1-2H3/b24-17+/t23?,26?,27-,28+/m0/s1. The average Bonchev–Trinajstić information content (AvgIpc) is 3.65. The Bertz CT molecular complexity index is 914. The molecular formula is C29H38N2O2. The number of esters is 1. The minimum atomic E-state index is -0.280. The molecule has 0 bridgehead atoms. The van der Waals surface area contributed by atoms with Crippen molar-refractivity contribution in [1.29, 1.82) is 0 Å². The minimum absolute atomic E-state index is 0.280. The molecule has 33 heavy (non-hydrogen) atoms. The molecule has 0 spiro atoms. The van der Waals surface area contributed by atoms with Gasteiger partial charge in [0.05, 0.1) is 12.7 Å². The van der Waals surface area contributed by atoms with Gasteiger partial charge in [-0.15, -0.1) is 0 Å². The van der Waals surface area contributed by atoms with E-state index in [1.54, 1.807) is 5.57 Å². The molecule has 0 unspecified atom stereocenters. The third kappa shape index (κ3) is 6.78. The van der Waals surface area contributed by atoms with Crippen LogP contribution < -0.4 is 10.6 Å². The van der Waals surface area contributed by atoms with Gasteiger partial charge in [-0.1, -0.05) is 61.0 Å². The first-order valence-electron chi connectivity index (χ1n) is 12.6. The molecule has 0 saturated heterocycles. The highest BCUT2D eigenvalue weighted by Gasteiger charge is 2.39. The Morgan fingerprint density at radius 1 is 1.00 bits per heavy atom. The number of rotatable bonds is 10. The van der Waals surface area contributed by atoms with E-state index in [1.807, 2.05) is 24.3 Å². The van der Waals surface area contributed by atoms with E-state index in [1.165, 1.54) is 50.3 Å². The Hall–Kier alpha value is -2.43. The number of hydrogen-bond acceptors (Lipinski definition) is 4. The maximum Gasteiger partial charge on any atom is 0.337 e. The summed E-state index contributed by atoms with van der Waals surface area (Å²) in [6.07, 6.45) is 9.90. The van der Waals surface area contributed by atoms with E-state index in [9.17, 15) is 4.79 Å². The summed E-state index contributed by atoms with van der Waals surface area (Å²) in [6.45, 7) is 4.30. The van der Waals surface area contributed by atoms with Crippen molar-refractivity contribution in [2.75, 3.05) is 13.7 Å². The average molecular weight is 447 g/mol. The molecule has 0 amide bonds. The molecule has 2 aromatic rings. The molecule has 2 aliphatic carbocycles. The normalized spacial score (nSPS) is 25.0. The van der Waals surface area contributed by atoms with Crippen LogP contribution in [0, 0.1) is 11.8 Å². The van der Waals surface area contributed by atoms with Crippen LogP contribution in [-0.2, 0) is 11.3 Å².